The van der Waals surface area contributed by atoms with Crippen molar-refractivity contribution in [2.24, 2.45) is 0 Å². The van der Waals surface area contributed by atoms with Gasteiger partial charge in [-0.2, -0.15) is 0 Å². The van der Waals surface area contributed by atoms with Crippen LogP contribution < -0.4 is 19.7 Å². The summed E-state index contributed by atoms with van der Waals surface area (Å²) in [6.45, 7) is 1.42. The van der Waals surface area contributed by atoms with Gasteiger partial charge in [-0.25, -0.2) is 8.42 Å². The molecule has 1 unspecified atom stereocenters. The maximum absolute atomic E-state index is 13.1. The molecule has 8 nitrogen and oxygen atoms in total. The third-order valence-electron chi connectivity index (χ3n) is 6.10. The number of benzene rings is 2. The number of hydrogen-bond donors (Lipinski definition) is 2. The van der Waals surface area contributed by atoms with E-state index in [0.29, 0.717) is 22.7 Å². The number of anilines is 2. The Morgan fingerprint density at radius 2 is 1.73 bits per heavy atom. The van der Waals surface area contributed by atoms with Gasteiger partial charge in [-0.3, -0.25) is 13.9 Å². The molecule has 0 spiro atoms. The number of nitrogens with zero attached hydrogens (tertiary/aromatic N) is 1. The second kappa shape index (κ2) is 9.82. The monoisotopic (exact) mass is 471 g/mol. The molecule has 176 valence electrons. The van der Waals surface area contributed by atoms with Gasteiger partial charge in [0.15, 0.2) is 6.10 Å². The number of carbonyl (C=O) groups excluding carboxylic acids is 2. The second-order valence-electron chi connectivity index (χ2n) is 8.35. The Kier molecular flexibility index (Phi) is 6.88. The van der Waals surface area contributed by atoms with E-state index in [2.05, 4.69) is 10.6 Å². The Bertz CT molecular complexity index is 1130. The van der Waals surface area contributed by atoms with E-state index < -0.39 is 22.0 Å². The molecular formula is C24H29N3O5S. The van der Waals surface area contributed by atoms with Crippen molar-refractivity contribution in [2.45, 2.75) is 51.2 Å². The van der Waals surface area contributed by atoms with Crippen LogP contribution in [0.25, 0.3) is 0 Å². The van der Waals surface area contributed by atoms with Gasteiger partial charge in [-0.15, -0.1) is 0 Å². The van der Waals surface area contributed by atoms with E-state index in [9.17, 15) is 18.0 Å². The zero-order valence-electron chi connectivity index (χ0n) is 18.6. The van der Waals surface area contributed by atoms with Gasteiger partial charge in [0.2, 0.25) is 10.0 Å². The highest BCUT2D eigenvalue weighted by Gasteiger charge is 2.36. The maximum Gasteiger partial charge on any atom is 0.267 e. The molecule has 9 heteroatoms. The highest BCUT2D eigenvalue weighted by molar-refractivity contribution is 7.92. The van der Waals surface area contributed by atoms with Gasteiger partial charge in [0.25, 0.3) is 11.8 Å². The fraction of sp³-hybridized carbons (Fsp3) is 0.417. The van der Waals surface area contributed by atoms with Crippen molar-refractivity contribution in [2.75, 3.05) is 21.9 Å². The average molecular weight is 472 g/mol. The summed E-state index contributed by atoms with van der Waals surface area (Å²) in [4.78, 5) is 26.0. The van der Waals surface area contributed by atoms with E-state index >= 15 is 0 Å². The minimum Gasteiger partial charge on any atom is -0.476 e. The molecule has 1 fully saturated rings. The molecule has 1 saturated carbocycles. The van der Waals surface area contributed by atoms with Crippen molar-refractivity contribution in [3.8, 4) is 5.75 Å². The first-order chi connectivity index (χ1) is 15.9. The van der Waals surface area contributed by atoms with Crippen molar-refractivity contribution >= 4 is 33.2 Å². The number of carbonyl (C=O) groups is 2. The molecule has 2 aromatic carbocycles. The normalized spacial score (nSPS) is 18.7. The molecule has 2 N–H and O–H groups in total. The zero-order valence-corrected chi connectivity index (χ0v) is 19.4. The van der Waals surface area contributed by atoms with E-state index in [4.69, 9.17) is 4.74 Å². The molecule has 33 heavy (non-hydrogen) atoms. The second-order valence-corrected chi connectivity index (χ2v) is 10.5. The van der Waals surface area contributed by atoms with Crippen molar-refractivity contribution in [1.82, 2.24) is 5.32 Å². The maximum atomic E-state index is 13.1. The number of rotatable bonds is 6. The summed E-state index contributed by atoms with van der Waals surface area (Å²) >= 11 is 0. The smallest absolute Gasteiger partial charge is 0.267 e. The molecule has 2 amide bonds. The van der Waals surface area contributed by atoms with E-state index in [0.717, 1.165) is 25.7 Å². The van der Waals surface area contributed by atoms with Gasteiger partial charge in [0, 0.05) is 6.04 Å². The Balaban J connectivity index is 1.52. The largest absolute Gasteiger partial charge is 0.476 e. The number of nitrogens with one attached hydrogen (secondary N) is 2. The molecule has 0 aromatic heterocycles. The molecule has 1 atom stereocenters. The molecule has 2 aliphatic rings. The molecule has 1 heterocycles. The van der Waals surface area contributed by atoms with Crippen LogP contribution in [0.2, 0.25) is 0 Å². The molecule has 0 bridgehead atoms. The highest BCUT2D eigenvalue weighted by atomic mass is 32.2. The van der Waals surface area contributed by atoms with Crippen molar-refractivity contribution in [3.63, 3.8) is 0 Å². The lowest BCUT2D eigenvalue weighted by molar-refractivity contribution is -0.122. The summed E-state index contributed by atoms with van der Waals surface area (Å²) in [5.74, 6) is -0.522. The van der Waals surface area contributed by atoms with Gasteiger partial charge >= 0.3 is 0 Å². The van der Waals surface area contributed by atoms with Gasteiger partial charge in [-0.05, 0) is 44.0 Å². The molecule has 1 aliphatic carbocycles. The number of amides is 2. The summed E-state index contributed by atoms with van der Waals surface area (Å²) in [5.41, 5.74) is 1.14. The number of hydrogen-bond acceptors (Lipinski definition) is 5. The van der Waals surface area contributed by atoms with Crippen LogP contribution in [0, 0.1) is 0 Å². The fourth-order valence-electron chi connectivity index (χ4n) is 4.27. The SMILES string of the molecule is CCS(=O)(=O)N1CC(C(=O)Nc2ccccc2C(=O)NC2CCCCC2)Oc2ccccc21. The Morgan fingerprint density at radius 1 is 1.03 bits per heavy atom. The van der Waals surface area contributed by atoms with Gasteiger partial charge in [0.1, 0.15) is 5.75 Å². The van der Waals surface area contributed by atoms with Crippen LogP contribution in [0.4, 0.5) is 11.4 Å². The quantitative estimate of drug-likeness (QED) is 0.673. The van der Waals surface area contributed by atoms with Crippen LogP contribution in [-0.4, -0.2) is 44.7 Å². The summed E-state index contributed by atoms with van der Waals surface area (Å²) in [6, 6.07) is 13.7. The molecule has 0 radical (unpaired) electrons. The Labute approximate surface area is 194 Å². The first-order valence-corrected chi connectivity index (χ1v) is 13.0. The standard InChI is InChI=1S/C24H29N3O5S/c1-2-33(30,31)27-16-22(32-21-15-9-8-14-20(21)27)24(29)26-19-13-7-6-12-18(19)23(28)25-17-10-4-3-5-11-17/h6-9,12-15,17,22H,2-5,10-11,16H2,1H3,(H,25,28)(H,26,29). The predicted molar refractivity (Wildman–Crippen MR) is 127 cm³/mol. The van der Waals surface area contributed by atoms with Crippen LogP contribution in [-0.2, 0) is 14.8 Å². The van der Waals surface area contributed by atoms with Gasteiger partial charge in [-0.1, -0.05) is 43.5 Å². The molecule has 0 saturated heterocycles. The van der Waals surface area contributed by atoms with Crippen molar-refractivity contribution in [3.05, 3.63) is 54.1 Å². The Morgan fingerprint density at radius 3 is 2.48 bits per heavy atom. The minimum atomic E-state index is -3.60. The third kappa shape index (κ3) is 5.13. The van der Waals surface area contributed by atoms with E-state index in [-0.39, 0.29) is 24.2 Å². The topological polar surface area (TPSA) is 105 Å². The highest BCUT2D eigenvalue weighted by Crippen LogP contribution is 2.35. The van der Waals surface area contributed by atoms with Crippen molar-refractivity contribution < 1.29 is 22.7 Å². The molecule has 2 aromatic rings. The van der Waals surface area contributed by atoms with E-state index in [1.165, 1.54) is 10.7 Å². The van der Waals surface area contributed by atoms with E-state index in [1.807, 2.05) is 0 Å². The number of sulfonamides is 1. The third-order valence-corrected chi connectivity index (χ3v) is 7.84. The Hall–Kier alpha value is -3.07. The number of para-hydroxylation sites is 3. The number of fused-ring (bicyclic) bond motifs is 1. The van der Waals surface area contributed by atoms with Gasteiger partial charge < -0.3 is 15.4 Å². The molecular weight excluding hydrogens is 442 g/mol. The molecule has 4 rings (SSSR count). The first kappa shape index (κ1) is 23.1. The molecule has 1 aliphatic heterocycles. The minimum absolute atomic E-state index is 0.0974. The lowest BCUT2D eigenvalue weighted by Gasteiger charge is -2.34. The average Bonchev–Trinajstić information content (AvgIpc) is 2.84. The summed E-state index contributed by atoms with van der Waals surface area (Å²) in [6.07, 6.45) is 4.24. The lowest BCUT2D eigenvalue weighted by atomic mass is 9.95. The summed E-state index contributed by atoms with van der Waals surface area (Å²) < 4.78 is 32.4. The van der Waals surface area contributed by atoms with Crippen LogP contribution in [0.15, 0.2) is 48.5 Å². The number of ether oxygens (including phenoxy) is 1. The van der Waals surface area contributed by atoms with Crippen LogP contribution >= 0.6 is 0 Å². The lowest BCUT2D eigenvalue weighted by Crippen LogP contribution is -2.49. The fourth-order valence-corrected chi connectivity index (χ4v) is 5.40. The van der Waals surface area contributed by atoms with Crippen LogP contribution in [0.3, 0.4) is 0 Å². The summed E-state index contributed by atoms with van der Waals surface area (Å²) in [5, 5.41) is 5.84. The first-order valence-electron chi connectivity index (χ1n) is 11.4. The predicted octanol–water partition coefficient (Wildman–Crippen LogP) is 3.30. The van der Waals surface area contributed by atoms with Gasteiger partial charge in [0.05, 0.1) is 29.2 Å². The van der Waals surface area contributed by atoms with Crippen molar-refractivity contribution in [1.29, 1.82) is 0 Å². The zero-order chi connectivity index (χ0) is 23.4. The van der Waals surface area contributed by atoms with Crippen LogP contribution in [0.1, 0.15) is 49.4 Å². The summed E-state index contributed by atoms with van der Waals surface area (Å²) in [7, 11) is -3.60. The van der Waals surface area contributed by atoms with Crippen LogP contribution in [0.5, 0.6) is 5.75 Å². The van der Waals surface area contributed by atoms with E-state index in [1.54, 1.807) is 55.5 Å².